The van der Waals surface area contributed by atoms with E-state index in [2.05, 4.69) is 39.2 Å². The molecular formula is C24H18N4. The average molecular weight is 362 g/mol. The Kier molecular flexibility index (Phi) is 5.17. The Morgan fingerprint density at radius 1 is 0.679 bits per heavy atom. The molecule has 0 aliphatic carbocycles. The third-order valence-electron chi connectivity index (χ3n) is 4.80. The van der Waals surface area contributed by atoms with E-state index < -0.39 is 0 Å². The first kappa shape index (κ1) is 17.6. The van der Waals surface area contributed by atoms with Gasteiger partial charge in [0.25, 0.3) is 0 Å². The van der Waals surface area contributed by atoms with E-state index in [1.165, 1.54) is 0 Å². The van der Waals surface area contributed by atoms with Crippen LogP contribution in [0.5, 0.6) is 0 Å². The topological polar surface area (TPSA) is 62.5 Å². The van der Waals surface area contributed by atoms with E-state index in [9.17, 15) is 5.26 Å². The molecular weight excluding hydrogens is 344 g/mol. The summed E-state index contributed by atoms with van der Waals surface area (Å²) >= 11 is 0. The summed E-state index contributed by atoms with van der Waals surface area (Å²) in [5.41, 5.74) is 4.77. The molecule has 0 bridgehead atoms. The number of hydrogen-bond acceptors (Lipinski definition) is 4. The van der Waals surface area contributed by atoms with Crippen molar-refractivity contribution >= 4 is 0 Å². The fraction of sp³-hybridized carbons (Fsp3) is 0.0833. The molecule has 0 fully saturated rings. The molecule has 4 aromatic rings. The van der Waals surface area contributed by atoms with Crippen molar-refractivity contribution in [2.75, 3.05) is 0 Å². The lowest BCUT2D eigenvalue weighted by atomic mass is 9.76. The average Bonchev–Trinajstić information content (AvgIpc) is 2.79. The molecule has 3 heterocycles. The molecule has 0 saturated carbocycles. The first-order chi connectivity index (χ1) is 13.9. The molecule has 0 spiro atoms. The second-order valence-corrected chi connectivity index (χ2v) is 6.52. The first-order valence-electron chi connectivity index (χ1n) is 9.07. The smallest absolute Gasteiger partial charge is 0.0991 e. The van der Waals surface area contributed by atoms with Crippen molar-refractivity contribution in [1.82, 2.24) is 15.0 Å². The number of rotatable bonds is 5. The van der Waals surface area contributed by atoms with Crippen molar-refractivity contribution < 1.29 is 0 Å². The minimum Gasteiger partial charge on any atom is -0.264 e. The number of nitriles is 1. The second-order valence-electron chi connectivity index (χ2n) is 6.52. The highest BCUT2D eigenvalue weighted by molar-refractivity contribution is 5.44. The van der Waals surface area contributed by atoms with Gasteiger partial charge in [-0.3, -0.25) is 15.0 Å². The Morgan fingerprint density at radius 2 is 1.39 bits per heavy atom. The Bertz CT molecular complexity index is 1030. The van der Waals surface area contributed by atoms with E-state index >= 15 is 0 Å². The number of nitrogens with zero attached hydrogens (tertiary/aromatic N) is 4. The van der Waals surface area contributed by atoms with E-state index in [1.807, 2.05) is 60.9 Å². The van der Waals surface area contributed by atoms with Gasteiger partial charge in [0.2, 0.25) is 0 Å². The lowest BCUT2D eigenvalue weighted by Crippen LogP contribution is -2.16. The first-order valence-corrected chi connectivity index (χ1v) is 9.07. The van der Waals surface area contributed by atoms with Gasteiger partial charge in [-0.15, -0.1) is 0 Å². The minimum absolute atomic E-state index is 0.0359. The summed E-state index contributed by atoms with van der Waals surface area (Å²) < 4.78 is 0. The molecule has 1 atom stereocenters. The fourth-order valence-electron chi connectivity index (χ4n) is 3.59. The summed E-state index contributed by atoms with van der Waals surface area (Å²) in [6.45, 7) is 0. The molecule has 4 heteroatoms. The van der Waals surface area contributed by atoms with Crippen molar-refractivity contribution in [2.45, 2.75) is 11.8 Å². The largest absolute Gasteiger partial charge is 0.264 e. The maximum Gasteiger partial charge on any atom is 0.0991 e. The zero-order chi connectivity index (χ0) is 19.2. The van der Waals surface area contributed by atoms with Crippen LogP contribution in [0.15, 0.2) is 97.7 Å². The molecule has 1 unspecified atom stereocenters. The molecule has 0 saturated heterocycles. The molecule has 0 radical (unpaired) electrons. The summed E-state index contributed by atoms with van der Waals surface area (Å²) in [5, 5.41) is 9.40. The Hall–Kier alpha value is -3.84. The lowest BCUT2D eigenvalue weighted by Gasteiger charge is -2.28. The van der Waals surface area contributed by atoms with Crippen LogP contribution in [-0.2, 0) is 0 Å². The van der Waals surface area contributed by atoms with Gasteiger partial charge in [-0.25, -0.2) is 0 Å². The molecule has 3 aromatic heterocycles. The summed E-state index contributed by atoms with van der Waals surface area (Å²) in [6, 6.07) is 24.0. The molecule has 1 aromatic carbocycles. The Morgan fingerprint density at radius 3 is 1.96 bits per heavy atom. The predicted molar refractivity (Wildman–Crippen MR) is 108 cm³/mol. The zero-order valence-electron chi connectivity index (χ0n) is 15.2. The molecule has 28 heavy (non-hydrogen) atoms. The van der Waals surface area contributed by atoms with Gasteiger partial charge in [-0.05, 0) is 53.1 Å². The van der Waals surface area contributed by atoms with Crippen molar-refractivity contribution in [3.8, 4) is 6.07 Å². The highest BCUT2D eigenvalue weighted by Gasteiger charge is 2.29. The van der Waals surface area contributed by atoms with Gasteiger partial charge >= 0.3 is 0 Å². The van der Waals surface area contributed by atoms with Crippen LogP contribution in [0, 0.1) is 11.3 Å². The van der Waals surface area contributed by atoms with Gasteiger partial charge < -0.3 is 0 Å². The summed E-state index contributed by atoms with van der Waals surface area (Å²) in [4.78, 5) is 13.3. The van der Waals surface area contributed by atoms with Gasteiger partial charge in [0.15, 0.2) is 0 Å². The third-order valence-corrected chi connectivity index (χ3v) is 4.80. The van der Waals surface area contributed by atoms with Gasteiger partial charge in [-0.1, -0.05) is 30.3 Å². The molecule has 0 N–H and O–H groups in total. The molecule has 0 amide bonds. The zero-order valence-corrected chi connectivity index (χ0v) is 15.2. The van der Waals surface area contributed by atoms with Crippen LogP contribution in [0.3, 0.4) is 0 Å². The van der Waals surface area contributed by atoms with Crippen molar-refractivity contribution in [3.05, 3.63) is 126 Å². The summed E-state index contributed by atoms with van der Waals surface area (Å²) in [5.74, 6) is -0.117. The standard InChI is InChI=1S/C24H18N4/c25-15-18-6-3-7-19(14-18)24(22-10-1-2-13-28-22)23(20-8-4-11-26-16-20)21-9-5-12-27-17-21/h1-14,16-17,23-24H. The summed E-state index contributed by atoms with van der Waals surface area (Å²) in [6.07, 6.45) is 9.13. The molecule has 4 nitrogen and oxygen atoms in total. The second kappa shape index (κ2) is 8.24. The SMILES string of the molecule is N#Cc1cccc(C(c2ccccn2)C(c2cccnc2)c2cccnc2)c1. The lowest BCUT2D eigenvalue weighted by molar-refractivity contribution is 0.669. The molecule has 0 aliphatic rings. The number of aromatic nitrogens is 3. The van der Waals surface area contributed by atoms with Crippen LogP contribution in [-0.4, -0.2) is 15.0 Å². The van der Waals surface area contributed by atoms with Crippen molar-refractivity contribution in [2.24, 2.45) is 0 Å². The highest BCUT2D eigenvalue weighted by atomic mass is 14.7. The van der Waals surface area contributed by atoms with Crippen LogP contribution < -0.4 is 0 Å². The van der Waals surface area contributed by atoms with Gasteiger partial charge in [0.1, 0.15) is 0 Å². The van der Waals surface area contributed by atoms with Crippen LogP contribution in [0.25, 0.3) is 0 Å². The fourth-order valence-corrected chi connectivity index (χ4v) is 3.59. The van der Waals surface area contributed by atoms with Crippen LogP contribution in [0.2, 0.25) is 0 Å². The van der Waals surface area contributed by atoms with E-state index in [-0.39, 0.29) is 11.8 Å². The van der Waals surface area contributed by atoms with E-state index in [0.717, 1.165) is 22.4 Å². The van der Waals surface area contributed by atoms with E-state index in [4.69, 9.17) is 0 Å². The maximum atomic E-state index is 9.40. The Labute approximate surface area is 164 Å². The van der Waals surface area contributed by atoms with Crippen molar-refractivity contribution in [1.29, 1.82) is 5.26 Å². The quantitative estimate of drug-likeness (QED) is 0.516. The van der Waals surface area contributed by atoms with Crippen LogP contribution in [0.4, 0.5) is 0 Å². The number of benzene rings is 1. The van der Waals surface area contributed by atoms with Crippen molar-refractivity contribution in [3.63, 3.8) is 0 Å². The highest BCUT2D eigenvalue weighted by Crippen LogP contribution is 2.41. The maximum absolute atomic E-state index is 9.40. The van der Waals surface area contributed by atoms with Crippen LogP contribution in [0.1, 0.15) is 39.8 Å². The number of hydrogen-bond donors (Lipinski definition) is 0. The molecule has 134 valence electrons. The number of pyridine rings is 3. The normalized spacial score (nSPS) is 11.7. The van der Waals surface area contributed by atoms with Gasteiger partial charge in [-0.2, -0.15) is 5.26 Å². The van der Waals surface area contributed by atoms with Gasteiger partial charge in [0, 0.05) is 48.5 Å². The molecule has 4 rings (SSSR count). The van der Waals surface area contributed by atoms with Gasteiger partial charge in [0.05, 0.1) is 11.6 Å². The minimum atomic E-state index is -0.0806. The molecule has 0 aliphatic heterocycles. The third kappa shape index (κ3) is 3.65. The monoisotopic (exact) mass is 362 g/mol. The predicted octanol–water partition coefficient (Wildman–Crippen LogP) is 4.71. The van der Waals surface area contributed by atoms with Crippen LogP contribution >= 0.6 is 0 Å². The van der Waals surface area contributed by atoms with E-state index in [1.54, 1.807) is 18.6 Å². The Balaban J connectivity index is 1.95. The van der Waals surface area contributed by atoms with E-state index in [0.29, 0.717) is 5.56 Å². The summed E-state index contributed by atoms with van der Waals surface area (Å²) in [7, 11) is 0.